The van der Waals surface area contributed by atoms with Gasteiger partial charge in [0.15, 0.2) is 0 Å². The Bertz CT molecular complexity index is 150. The number of rotatable bonds is 8. The molecule has 0 aromatic heterocycles. The van der Waals surface area contributed by atoms with E-state index in [1.54, 1.807) is 0 Å². The van der Waals surface area contributed by atoms with Crippen molar-refractivity contribution in [2.75, 3.05) is 13.1 Å². The van der Waals surface area contributed by atoms with Crippen molar-refractivity contribution in [2.24, 2.45) is 0 Å². The van der Waals surface area contributed by atoms with Crippen LogP contribution in [0.15, 0.2) is 0 Å². The monoisotopic (exact) mass is 225 g/mol. The maximum absolute atomic E-state index is 2.79. The van der Waals surface area contributed by atoms with E-state index in [4.69, 9.17) is 0 Å². The van der Waals surface area contributed by atoms with Gasteiger partial charge in [0.2, 0.25) is 0 Å². The van der Waals surface area contributed by atoms with Gasteiger partial charge in [-0.3, -0.25) is 0 Å². The van der Waals surface area contributed by atoms with Crippen LogP contribution in [-0.2, 0) is 0 Å². The van der Waals surface area contributed by atoms with Crippen molar-refractivity contribution in [2.45, 2.75) is 84.1 Å². The van der Waals surface area contributed by atoms with Gasteiger partial charge in [-0.15, -0.1) is 0 Å². The molecule has 1 fully saturated rings. The summed E-state index contributed by atoms with van der Waals surface area (Å²) in [5.74, 6) is 0. The van der Waals surface area contributed by atoms with Crippen molar-refractivity contribution in [3.63, 3.8) is 0 Å². The summed E-state index contributed by atoms with van der Waals surface area (Å²) in [5.41, 5.74) is 0. The van der Waals surface area contributed by atoms with Crippen LogP contribution in [0.25, 0.3) is 0 Å². The molecule has 0 spiro atoms. The summed E-state index contributed by atoms with van der Waals surface area (Å²) in [5, 5.41) is 0. The van der Waals surface area contributed by atoms with Crippen LogP contribution < -0.4 is 0 Å². The molecule has 0 bridgehead atoms. The lowest BCUT2D eigenvalue weighted by atomic mass is 9.94. The number of unbranched alkanes of at least 4 members (excludes halogenated alkanes) is 3. The highest BCUT2D eigenvalue weighted by atomic mass is 15.1. The summed E-state index contributed by atoms with van der Waals surface area (Å²) < 4.78 is 0. The summed E-state index contributed by atoms with van der Waals surface area (Å²) in [4.78, 5) is 2.79. The minimum Gasteiger partial charge on any atom is -0.300 e. The smallest absolute Gasteiger partial charge is 0.00952 e. The molecular formula is C15H31N. The van der Waals surface area contributed by atoms with Crippen molar-refractivity contribution < 1.29 is 0 Å². The highest BCUT2D eigenvalue weighted by Crippen LogP contribution is 2.23. The zero-order valence-electron chi connectivity index (χ0n) is 11.5. The molecule has 0 N–H and O–H groups in total. The molecule has 1 aliphatic rings. The molecule has 1 saturated carbocycles. The molecule has 1 nitrogen and oxygen atoms in total. The van der Waals surface area contributed by atoms with Crippen molar-refractivity contribution in [3.05, 3.63) is 0 Å². The molecule has 1 rings (SSSR count). The molecule has 16 heavy (non-hydrogen) atoms. The number of hydrogen-bond acceptors (Lipinski definition) is 1. The van der Waals surface area contributed by atoms with E-state index in [2.05, 4.69) is 18.7 Å². The third kappa shape index (κ3) is 5.34. The van der Waals surface area contributed by atoms with E-state index in [0.29, 0.717) is 0 Å². The zero-order chi connectivity index (χ0) is 11.6. The molecule has 0 radical (unpaired) electrons. The third-order valence-corrected chi connectivity index (χ3v) is 3.90. The van der Waals surface area contributed by atoms with E-state index in [1.165, 1.54) is 77.3 Å². The first-order chi connectivity index (χ1) is 7.88. The average Bonchev–Trinajstić information content (AvgIpc) is 2.34. The van der Waals surface area contributed by atoms with Gasteiger partial charge in [-0.1, -0.05) is 52.4 Å². The average molecular weight is 225 g/mol. The van der Waals surface area contributed by atoms with Crippen molar-refractivity contribution in [1.29, 1.82) is 0 Å². The molecule has 1 heteroatoms. The molecule has 1 aliphatic carbocycles. The topological polar surface area (TPSA) is 3.24 Å². The Balaban J connectivity index is 2.22. The van der Waals surface area contributed by atoms with Gasteiger partial charge in [-0.2, -0.15) is 0 Å². The van der Waals surface area contributed by atoms with Crippen LogP contribution in [0.4, 0.5) is 0 Å². The third-order valence-electron chi connectivity index (χ3n) is 3.90. The molecule has 0 atom stereocenters. The lowest BCUT2D eigenvalue weighted by Gasteiger charge is -2.34. The summed E-state index contributed by atoms with van der Waals surface area (Å²) in [7, 11) is 0. The van der Waals surface area contributed by atoms with Crippen LogP contribution in [0.1, 0.15) is 78.1 Å². The Labute approximate surface area is 103 Å². The van der Waals surface area contributed by atoms with E-state index in [1.807, 2.05) is 0 Å². The fraction of sp³-hybridized carbons (Fsp3) is 1.00. The van der Waals surface area contributed by atoms with Gasteiger partial charge in [0.05, 0.1) is 0 Å². The number of nitrogens with zero attached hydrogens (tertiary/aromatic N) is 1. The fourth-order valence-electron chi connectivity index (χ4n) is 2.95. The Kier molecular flexibility index (Phi) is 7.92. The van der Waals surface area contributed by atoms with Crippen molar-refractivity contribution >= 4 is 0 Å². The zero-order valence-corrected chi connectivity index (χ0v) is 11.5. The SMILES string of the molecule is CCCCCCN(CCC)C1CCCCC1. The molecule has 0 saturated heterocycles. The van der Waals surface area contributed by atoms with Crippen LogP contribution in [0.3, 0.4) is 0 Å². The highest BCUT2D eigenvalue weighted by molar-refractivity contribution is 4.75. The molecule has 0 heterocycles. The Morgan fingerprint density at radius 2 is 1.56 bits per heavy atom. The van der Waals surface area contributed by atoms with Gasteiger partial charge in [0.1, 0.15) is 0 Å². The maximum Gasteiger partial charge on any atom is 0.00952 e. The maximum atomic E-state index is 2.79. The van der Waals surface area contributed by atoms with Crippen LogP contribution in [0.2, 0.25) is 0 Å². The van der Waals surface area contributed by atoms with Crippen molar-refractivity contribution in [3.8, 4) is 0 Å². The van der Waals surface area contributed by atoms with Crippen LogP contribution in [-0.4, -0.2) is 24.0 Å². The summed E-state index contributed by atoms with van der Waals surface area (Å²) in [6.07, 6.45) is 14.3. The van der Waals surface area contributed by atoms with Crippen LogP contribution in [0, 0.1) is 0 Å². The van der Waals surface area contributed by atoms with E-state index in [9.17, 15) is 0 Å². The summed E-state index contributed by atoms with van der Waals surface area (Å²) in [6.45, 7) is 7.31. The Hall–Kier alpha value is -0.0400. The Morgan fingerprint density at radius 1 is 0.812 bits per heavy atom. The van der Waals surface area contributed by atoms with Gasteiger partial charge in [0, 0.05) is 6.04 Å². The first-order valence-electron chi connectivity index (χ1n) is 7.62. The molecule has 0 unspecified atom stereocenters. The van der Waals surface area contributed by atoms with Crippen LogP contribution in [0.5, 0.6) is 0 Å². The fourth-order valence-corrected chi connectivity index (χ4v) is 2.95. The highest BCUT2D eigenvalue weighted by Gasteiger charge is 2.19. The summed E-state index contributed by atoms with van der Waals surface area (Å²) in [6, 6.07) is 0.926. The standard InChI is InChI=1S/C15H31N/c1-3-5-6-10-14-16(13-4-2)15-11-8-7-9-12-15/h15H,3-14H2,1-2H3. The first-order valence-corrected chi connectivity index (χ1v) is 7.62. The predicted molar refractivity (Wildman–Crippen MR) is 72.9 cm³/mol. The minimum absolute atomic E-state index is 0.926. The second-order valence-corrected chi connectivity index (χ2v) is 5.39. The lowest BCUT2D eigenvalue weighted by molar-refractivity contribution is 0.153. The van der Waals surface area contributed by atoms with Gasteiger partial charge in [-0.25, -0.2) is 0 Å². The normalized spacial score (nSPS) is 18.2. The van der Waals surface area contributed by atoms with E-state index in [0.717, 1.165) is 6.04 Å². The van der Waals surface area contributed by atoms with E-state index < -0.39 is 0 Å². The van der Waals surface area contributed by atoms with Gasteiger partial charge < -0.3 is 4.90 Å². The first kappa shape index (κ1) is 14.0. The Morgan fingerprint density at radius 3 is 2.19 bits per heavy atom. The predicted octanol–water partition coefficient (Wildman–Crippen LogP) is 4.61. The van der Waals surface area contributed by atoms with Gasteiger partial charge in [-0.05, 0) is 38.8 Å². The van der Waals surface area contributed by atoms with Crippen molar-refractivity contribution in [1.82, 2.24) is 4.90 Å². The second kappa shape index (κ2) is 9.04. The molecule has 0 aromatic carbocycles. The molecule has 0 aliphatic heterocycles. The molecule has 96 valence electrons. The quantitative estimate of drug-likeness (QED) is 0.545. The minimum atomic E-state index is 0.926. The number of hydrogen-bond donors (Lipinski definition) is 0. The van der Waals surface area contributed by atoms with E-state index >= 15 is 0 Å². The second-order valence-electron chi connectivity index (χ2n) is 5.39. The van der Waals surface area contributed by atoms with Crippen LogP contribution >= 0.6 is 0 Å². The molecular weight excluding hydrogens is 194 g/mol. The van der Waals surface area contributed by atoms with E-state index in [-0.39, 0.29) is 0 Å². The molecule has 0 amide bonds. The lowest BCUT2D eigenvalue weighted by Crippen LogP contribution is -2.38. The summed E-state index contributed by atoms with van der Waals surface area (Å²) >= 11 is 0. The van der Waals surface area contributed by atoms with Gasteiger partial charge >= 0.3 is 0 Å². The van der Waals surface area contributed by atoms with Gasteiger partial charge in [0.25, 0.3) is 0 Å². The molecule has 0 aromatic rings. The largest absolute Gasteiger partial charge is 0.300 e.